The molecular weight excluding hydrogens is 246 g/mol. The van der Waals surface area contributed by atoms with Crippen LogP contribution in [-0.2, 0) is 4.79 Å². The van der Waals surface area contributed by atoms with Crippen molar-refractivity contribution in [2.45, 2.75) is 25.8 Å². The SMILES string of the molecule is CCOc1cccc(C(C(=O)O)N2CCCC2)c1O. The Balaban J connectivity index is 2.36. The maximum atomic E-state index is 11.5. The molecule has 1 aliphatic rings. The van der Waals surface area contributed by atoms with Gasteiger partial charge in [0.1, 0.15) is 6.04 Å². The molecule has 1 aromatic carbocycles. The van der Waals surface area contributed by atoms with Gasteiger partial charge in [0.05, 0.1) is 6.61 Å². The molecule has 19 heavy (non-hydrogen) atoms. The Morgan fingerprint density at radius 1 is 1.42 bits per heavy atom. The molecular formula is C14H19NO4. The number of likely N-dealkylation sites (tertiary alicyclic amines) is 1. The van der Waals surface area contributed by atoms with Crippen molar-refractivity contribution in [1.29, 1.82) is 0 Å². The summed E-state index contributed by atoms with van der Waals surface area (Å²) in [5.41, 5.74) is 0.403. The fourth-order valence-electron chi connectivity index (χ4n) is 2.52. The number of ether oxygens (including phenoxy) is 1. The van der Waals surface area contributed by atoms with E-state index in [9.17, 15) is 15.0 Å². The minimum Gasteiger partial charge on any atom is -0.504 e. The van der Waals surface area contributed by atoms with Crippen LogP contribution < -0.4 is 4.74 Å². The van der Waals surface area contributed by atoms with Gasteiger partial charge in [-0.3, -0.25) is 9.69 Å². The smallest absolute Gasteiger partial charge is 0.325 e. The zero-order valence-electron chi connectivity index (χ0n) is 11.0. The van der Waals surface area contributed by atoms with Crippen LogP contribution in [0.3, 0.4) is 0 Å². The molecule has 0 amide bonds. The molecule has 5 nitrogen and oxygen atoms in total. The normalized spacial score (nSPS) is 17.3. The van der Waals surface area contributed by atoms with Crippen molar-refractivity contribution in [3.63, 3.8) is 0 Å². The molecule has 104 valence electrons. The molecule has 0 radical (unpaired) electrons. The average Bonchev–Trinajstić information content (AvgIpc) is 2.87. The molecule has 0 bridgehead atoms. The van der Waals surface area contributed by atoms with E-state index in [1.165, 1.54) is 0 Å². The van der Waals surface area contributed by atoms with Crippen LogP contribution in [0.25, 0.3) is 0 Å². The number of hydrogen-bond donors (Lipinski definition) is 2. The first-order chi connectivity index (χ1) is 9.15. The Hall–Kier alpha value is -1.75. The zero-order chi connectivity index (χ0) is 13.8. The topological polar surface area (TPSA) is 70.0 Å². The standard InChI is InChI=1S/C14H19NO4/c1-2-19-11-7-5-6-10(13(11)16)12(14(17)18)15-8-3-4-9-15/h5-7,12,16H,2-4,8-9H2,1H3,(H,17,18). The van der Waals surface area contributed by atoms with E-state index in [0.717, 1.165) is 25.9 Å². The molecule has 0 aliphatic carbocycles. The van der Waals surface area contributed by atoms with Crippen molar-refractivity contribution in [1.82, 2.24) is 4.90 Å². The van der Waals surface area contributed by atoms with Gasteiger partial charge in [-0.1, -0.05) is 12.1 Å². The molecule has 2 N–H and O–H groups in total. The lowest BCUT2D eigenvalue weighted by Gasteiger charge is -2.25. The Kier molecular flexibility index (Phi) is 4.27. The molecule has 1 heterocycles. The number of carboxylic acid groups (broad SMARTS) is 1. The highest BCUT2D eigenvalue weighted by molar-refractivity contribution is 5.77. The number of benzene rings is 1. The molecule has 1 saturated heterocycles. The van der Waals surface area contributed by atoms with Crippen LogP contribution >= 0.6 is 0 Å². The van der Waals surface area contributed by atoms with Crippen molar-refractivity contribution in [2.75, 3.05) is 19.7 Å². The van der Waals surface area contributed by atoms with Crippen molar-refractivity contribution < 1.29 is 19.7 Å². The number of para-hydroxylation sites is 1. The highest BCUT2D eigenvalue weighted by Gasteiger charge is 2.32. The van der Waals surface area contributed by atoms with Gasteiger partial charge in [0.15, 0.2) is 11.5 Å². The summed E-state index contributed by atoms with van der Waals surface area (Å²) in [7, 11) is 0. The van der Waals surface area contributed by atoms with E-state index in [2.05, 4.69) is 0 Å². The summed E-state index contributed by atoms with van der Waals surface area (Å²) in [4.78, 5) is 13.4. The summed E-state index contributed by atoms with van der Waals surface area (Å²) in [6.45, 7) is 3.74. The van der Waals surface area contributed by atoms with Gasteiger partial charge in [0.25, 0.3) is 0 Å². The van der Waals surface area contributed by atoms with Gasteiger partial charge in [-0.05, 0) is 38.9 Å². The fraction of sp³-hybridized carbons (Fsp3) is 0.500. The quantitative estimate of drug-likeness (QED) is 0.852. The molecule has 1 unspecified atom stereocenters. The Morgan fingerprint density at radius 2 is 2.11 bits per heavy atom. The summed E-state index contributed by atoms with van der Waals surface area (Å²) in [5, 5.41) is 19.6. The van der Waals surface area contributed by atoms with Gasteiger partial charge in [0, 0.05) is 5.56 Å². The van der Waals surface area contributed by atoms with Crippen LogP contribution in [0.1, 0.15) is 31.4 Å². The molecule has 0 saturated carbocycles. The molecule has 1 aliphatic heterocycles. The monoisotopic (exact) mass is 265 g/mol. The molecule has 0 spiro atoms. The minimum absolute atomic E-state index is 0.0661. The van der Waals surface area contributed by atoms with Crippen LogP contribution in [0.2, 0.25) is 0 Å². The number of phenolic OH excluding ortho intramolecular Hbond substituents is 1. The summed E-state index contributed by atoms with van der Waals surface area (Å²) in [5.74, 6) is -0.667. The molecule has 1 aromatic rings. The van der Waals surface area contributed by atoms with Crippen LogP contribution in [-0.4, -0.2) is 40.8 Å². The Labute approximate surface area is 112 Å². The fourth-order valence-corrected chi connectivity index (χ4v) is 2.52. The predicted octanol–water partition coefficient (Wildman–Crippen LogP) is 2.01. The number of hydrogen-bond acceptors (Lipinski definition) is 4. The van der Waals surface area contributed by atoms with E-state index >= 15 is 0 Å². The largest absolute Gasteiger partial charge is 0.504 e. The first kappa shape index (κ1) is 13.7. The third-order valence-corrected chi connectivity index (χ3v) is 3.36. The van der Waals surface area contributed by atoms with Crippen LogP contribution in [0, 0.1) is 0 Å². The second-order valence-corrected chi connectivity index (χ2v) is 4.61. The molecule has 1 atom stereocenters. The van der Waals surface area contributed by atoms with Gasteiger partial charge in [-0.15, -0.1) is 0 Å². The summed E-state index contributed by atoms with van der Waals surface area (Å²) in [6.07, 6.45) is 1.99. The van der Waals surface area contributed by atoms with Gasteiger partial charge in [-0.25, -0.2) is 0 Å². The van der Waals surface area contributed by atoms with Gasteiger partial charge in [0.2, 0.25) is 0 Å². The van der Waals surface area contributed by atoms with Gasteiger partial charge >= 0.3 is 5.97 Å². The lowest BCUT2D eigenvalue weighted by Crippen LogP contribution is -2.31. The summed E-state index contributed by atoms with van der Waals surface area (Å²) >= 11 is 0. The Morgan fingerprint density at radius 3 is 2.68 bits per heavy atom. The van der Waals surface area contributed by atoms with Crippen molar-refractivity contribution >= 4 is 5.97 Å². The van der Waals surface area contributed by atoms with E-state index in [1.54, 1.807) is 18.2 Å². The van der Waals surface area contributed by atoms with E-state index in [1.807, 2.05) is 11.8 Å². The number of phenols is 1. The van der Waals surface area contributed by atoms with Gasteiger partial charge < -0.3 is 14.9 Å². The average molecular weight is 265 g/mol. The van der Waals surface area contributed by atoms with Gasteiger partial charge in [-0.2, -0.15) is 0 Å². The van der Waals surface area contributed by atoms with Crippen LogP contribution in [0.15, 0.2) is 18.2 Å². The summed E-state index contributed by atoms with van der Waals surface area (Å²) in [6, 6.07) is 4.20. The minimum atomic E-state index is -0.939. The number of aromatic hydroxyl groups is 1. The number of nitrogens with zero attached hydrogens (tertiary/aromatic N) is 1. The lowest BCUT2D eigenvalue weighted by atomic mass is 10.0. The number of carbonyl (C=O) groups is 1. The van der Waals surface area contributed by atoms with Crippen LogP contribution in [0.4, 0.5) is 0 Å². The Bertz CT molecular complexity index is 455. The maximum absolute atomic E-state index is 11.5. The summed E-state index contributed by atoms with van der Waals surface area (Å²) < 4.78 is 5.31. The molecule has 0 aromatic heterocycles. The van der Waals surface area contributed by atoms with Crippen molar-refractivity contribution in [3.05, 3.63) is 23.8 Å². The third kappa shape index (κ3) is 2.81. The number of carboxylic acids is 1. The molecule has 1 fully saturated rings. The van der Waals surface area contributed by atoms with Crippen molar-refractivity contribution in [2.24, 2.45) is 0 Å². The first-order valence-electron chi connectivity index (χ1n) is 6.56. The predicted molar refractivity (Wildman–Crippen MR) is 70.5 cm³/mol. The number of aliphatic carboxylic acids is 1. The van der Waals surface area contributed by atoms with Crippen LogP contribution in [0.5, 0.6) is 11.5 Å². The molecule has 2 rings (SSSR count). The van der Waals surface area contributed by atoms with Crippen molar-refractivity contribution in [3.8, 4) is 11.5 Å². The highest BCUT2D eigenvalue weighted by Crippen LogP contribution is 2.37. The van der Waals surface area contributed by atoms with E-state index < -0.39 is 12.0 Å². The second kappa shape index (κ2) is 5.93. The third-order valence-electron chi connectivity index (χ3n) is 3.36. The number of rotatable bonds is 5. The highest BCUT2D eigenvalue weighted by atomic mass is 16.5. The second-order valence-electron chi connectivity index (χ2n) is 4.61. The van der Waals surface area contributed by atoms with E-state index in [4.69, 9.17) is 4.74 Å². The van der Waals surface area contributed by atoms with E-state index in [-0.39, 0.29) is 5.75 Å². The van der Waals surface area contributed by atoms with E-state index in [0.29, 0.717) is 17.9 Å². The molecule has 5 heteroatoms. The first-order valence-corrected chi connectivity index (χ1v) is 6.56. The zero-order valence-corrected chi connectivity index (χ0v) is 11.0. The lowest BCUT2D eigenvalue weighted by molar-refractivity contribution is -0.143. The maximum Gasteiger partial charge on any atom is 0.325 e.